The molecule has 2 aromatic carbocycles. The Morgan fingerprint density at radius 3 is 2.06 bits per heavy atom. The van der Waals surface area contributed by atoms with Gasteiger partial charge in [-0.3, -0.25) is 9.59 Å². The van der Waals surface area contributed by atoms with Gasteiger partial charge in [-0.15, -0.1) is 0 Å². The minimum absolute atomic E-state index is 0.0660. The van der Waals surface area contributed by atoms with E-state index in [0.717, 1.165) is 42.9 Å². The van der Waals surface area contributed by atoms with Gasteiger partial charge in [0.1, 0.15) is 11.4 Å². The van der Waals surface area contributed by atoms with Crippen LogP contribution in [0.15, 0.2) is 54.2 Å². The summed E-state index contributed by atoms with van der Waals surface area (Å²) < 4.78 is 5.76. The van der Waals surface area contributed by atoms with Crippen molar-refractivity contribution in [2.45, 2.75) is 39.7 Å². The average molecular weight is 448 g/mol. The predicted octanol–water partition coefficient (Wildman–Crippen LogP) is 4.56. The van der Waals surface area contributed by atoms with Gasteiger partial charge in [-0.25, -0.2) is 4.90 Å². The van der Waals surface area contributed by atoms with Crippen molar-refractivity contribution in [2.75, 3.05) is 37.0 Å². The Hall–Kier alpha value is -3.28. The summed E-state index contributed by atoms with van der Waals surface area (Å²) in [7, 11) is 3.92. The van der Waals surface area contributed by atoms with Gasteiger partial charge >= 0.3 is 0 Å². The Morgan fingerprint density at radius 2 is 1.52 bits per heavy atom. The molecular weight excluding hydrogens is 414 g/mol. The van der Waals surface area contributed by atoms with Crippen LogP contribution in [-0.4, -0.2) is 50.0 Å². The monoisotopic (exact) mass is 447 g/mol. The third-order valence-corrected chi connectivity index (χ3v) is 6.30. The van der Waals surface area contributed by atoms with Crippen LogP contribution < -0.4 is 14.5 Å². The van der Waals surface area contributed by atoms with E-state index in [1.165, 1.54) is 4.90 Å². The third-order valence-electron chi connectivity index (χ3n) is 6.30. The molecule has 33 heavy (non-hydrogen) atoms. The number of hydrogen-bond acceptors (Lipinski definition) is 5. The maximum atomic E-state index is 13.7. The second kappa shape index (κ2) is 9.30. The SMILES string of the molecule is CC1CCN(C2=C(c3ccc(OC(C)C)cc3)C(=O)N(c3ccc(N(C)C)cc3)C2=O)CC1. The van der Waals surface area contributed by atoms with Gasteiger partial charge in [-0.1, -0.05) is 19.1 Å². The quantitative estimate of drug-likeness (QED) is 0.608. The number of carbonyl (C=O) groups excluding carboxylic acids is 2. The van der Waals surface area contributed by atoms with Crippen LogP contribution in [0.5, 0.6) is 5.75 Å². The highest BCUT2D eigenvalue weighted by molar-refractivity contribution is 6.45. The first-order chi connectivity index (χ1) is 15.8. The van der Waals surface area contributed by atoms with E-state index in [1.807, 2.05) is 81.4 Å². The number of ether oxygens (including phenoxy) is 1. The van der Waals surface area contributed by atoms with Crippen LogP contribution in [0.4, 0.5) is 11.4 Å². The summed E-state index contributed by atoms with van der Waals surface area (Å²) in [4.78, 5) is 32.8. The molecule has 0 N–H and O–H groups in total. The van der Waals surface area contributed by atoms with E-state index in [2.05, 4.69) is 11.8 Å². The second-order valence-corrected chi connectivity index (χ2v) is 9.44. The number of rotatable bonds is 6. The normalized spacial score (nSPS) is 17.4. The van der Waals surface area contributed by atoms with Gasteiger partial charge in [0, 0.05) is 32.9 Å². The molecule has 0 saturated carbocycles. The van der Waals surface area contributed by atoms with Gasteiger partial charge in [-0.2, -0.15) is 0 Å². The summed E-state index contributed by atoms with van der Waals surface area (Å²) >= 11 is 0. The largest absolute Gasteiger partial charge is 0.491 e. The van der Waals surface area contributed by atoms with Gasteiger partial charge in [0.2, 0.25) is 0 Å². The zero-order valence-electron chi connectivity index (χ0n) is 20.2. The molecule has 1 saturated heterocycles. The number of benzene rings is 2. The van der Waals surface area contributed by atoms with Crippen molar-refractivity contribution in [2.24, 2.45) is 5.92 Å². The molecule has 0 aromatic heterocycles. The fraction of sp³-hybridized carbons (Fsp3) is 0.407. The highest BCUT2D eigenvalue weighted by Gasteiger charge is 2.43. The molecule has 0 spiro atoms. The Morgan fingerprint density at radius 1 is 0.909 bits per heavy atom. The number of hydrogen-bond donors (Lipinski definition) is 0. The lowest BCUT2D eigenvalue weighted by Crippen LogP contribution is -2.38. The molecule has 6 heteroatoms. The number of carbonyl (C=O) groups is 2. The molecule has 2 aliphatic rings. The van der Waals surface area contributed by atoms with E-state index in [0.29, 0.717) is 22.9 Å². The van der Waals surface area contributed by atoms with Crippen LogP contribution in [0.25, 0.3) is 5.57 Å². The van der Waals surface area contributed by atoms with Crippen molar-refractivity contribution in [3.05, 3.63) is 59.8 Å². The molecule has 2 amide bonds. The first-order valence-electron chi connectivity index (χ1n) is 11.7. The Bertz CT molecular complexity index is 1050. The summed E-state index contributed by atoms with van der Waals surface area (Å²) in [6.45, 7) is 7.75. The average Bonchev–Trinajstić information content (AvgIpc) is 3.04. The molecule has 0 unspecified atom stereocenters. The van der Waals surface area contributed by atoms with E-state index < -0.39 is 0 Å². The fourth-order valence-corrected chi connectivity index (χ4v) is 4.41. The topological polar surface area (TPSA) is 53.1 Å². The summed E-state index contributed by atoms with van der Waals surface area (Å²) in [5.74, 6) is 0.851. The third kappa shape index (κ3) is 4.61. The molecule has 2 heterocycles. The standard InChI is InChI=1S/C27H33N3O3/c1-18(2)33-23-12-6-20(7-13-23)24-25(29-16-14-19(3)15-17-29)27(32)30(26(24)31)22-10-8-21(9-11-22)28(4)5/h6-13,18-19H,14-17H2,1-5H3. The minimum atomic E-state index is -0.274. The number of imide groups is 1. The molecule has 0 atom stereocenters. The zero-order chi connectivity index (χ0) is 23.7. The van der Waals surface area contributed by atoms with Crippen molar-refractivity contribution in [1.82, 2.24) is 4.90 Å². The minimum Gasteiger partial charge on any atom is -0.491 e. The highest BCUT2D eigenvalue weighted by Crippen LogP contribution is 2.37. The van der Waals surface area contributed by atoms with E-state index >= 15 is 0 Å². The van der Waals surface area contributed by atoms with Crippen molar-refractivity contribution in [3.63, 3.8) is 0 Å². The highest BCUT2D eigenvalue weighted by atomic mass is 16.5. The lowest BCUT2D eigenvalue weighted by molar-refractivity contribution is -0.120. The lowest BCUT2D eigenvalue weighted by Gasteiger charge is -2.32. The molecule has 4 rings (SSSR count). The molecule has 6 nitrogen and oxygen atoms in total. The van der Waals surface area contributed by atoms with Crippen LogP contribution in [-0.2, 0) is 9.59 Å². The molecule has 0 bridgehead atoms. The van der Waals surface area contributed by atoms with Gasteiger partial charge < -0.3 is 14.5 Å². The number of anilines is 2. The summed E-state index contributed by atoms with van der Waals surface area (Å²) in [5, 5.41) is 0. The molecule has 1 fully saturated rings. The fourth-order valence-electron chi connectivity index (χ4n) is 4.41. The summed E-state index contributed by atoms with van der Waals surface area (Å²) in [6.07, 6.45) is 2.09. The number of nitrogens with zero attached hydrogens (tertiary/aromatic N) is 3. The van der Waals surface area contributed by atoms with Crippen molar-refractivity contribution in [3.8, 4) is 5.75 Å². The predicted molar refractivity (Wildman–Crippen MR) is 132 cm³/mol. The smallest absolute Gasteiger partial charge is 0.282 e. The number of likely N-dealkylation sites (tertiary alicyclic amines) is 1. The Labute approximate surface area is 196 Å². The number of piperidine rings is 1. The first kappa shape index (κ1) is 22.9. The van der Waals surface area contributed by atoms with Gasteiger partial charge in [0.05, 0.1) is 17.4 Å². The van der Waals surface area contributed by atoms with Crippen molar-refractivity contribution in [1.29, 1.82) is 0 Å². The number of amides is 2. The van der Waals surface area contributed by atoms with Crippen molar-refractivity contribution < 1.29 is 14.3 Å². The van der Waals surface area contributed by atoms with E-state index in [4.69, 9.17) is 4.74 Å². The maximum Gasteiger partial charge on any atom is 0.282 e. The Kier molecular flexibility index (Phi) is 6.45. The zero-order valence-corrected chi connectivity index (χ0v) is 20.2. The van der Waals surface area contributed by atoms with Crippen LogP contribution in [0.2, 0.25) is 0 Å². The molecule has 0 radical (unpaired) electrons. The van der Waals surface area contributed by atoms with Crippen LogP contribution in [0, 0.1) is 5.92 Å². The van der Waals surface area contributed by atoms with Crippen LogP contribution in [0.3, 0.4) is 0 Å². The van der Waals surface area contributed by atoms with E-state index in [9.17, 15) is 9.59 Å². The lowest BCUT2D eigenvalue weighted by atomic mass is 9.97. The molecule has 0 aliphatic carbocycles. The van der Waals surface area contributed by atoms with Crippen LogP contribution in [0.1, 0.15) is 39.2 Å². The maximum absolute atomic E-state index is 13.7. The van der Waals surface area contributed by atoms with Crippen molar-refractivity contribution >= 4 is 28.8 Å². The molecule has 2 aromatic rings. The summed E-state index contributed by atoms with van der Waals surface area (Å²) in [5.41, 5.74) is 3.33. The van der Waals surface area contributed by atoms with E-state index in [1.54, 1.807) is 0 Å². The van der Waals surface area contributed by atoms with Crippen LogP contribution >= 0.6 is 0 Å². The second-order valence-electron chi connectivity index (χ2n) is 9.44. The molecule has 174 valence electrons. The molecular formula is C27H33N3O3. The molecule has 2 aliphatic heterocycles. The van der Waals surface area contributed by atoms with Gasteiger partial charge in [0.25, 0.3) is 11.8 Å². The summed E-state index contributed by atoms with van der Waals surface area (Å²) in [6, 6.07) is 15.0. The Balaban J connectivity index is 1.73. The van der Waals surface area contributed by atoms with Gasteiger partial charge in [0.15, 0.2) is 0 Å². The van der Waals surface area contributed by atoms with Gasteiger partial charge in [-0.05, 0) is 74.6 Å². The van der Waals surface area contributed by atoms with E-state index in [-0.39, 0.29) is 17.9 Å². The first-order valence-corrected chi connectivity index (χ1v) is 11.7.